The van der Waals surface area contributed by atoms with Crippen molar-refractivity contribution in [2.45, 2.75) is 122 Å². The Morgan fingerprint density at radius 2 is 1.49 bits per heavy atom. The highest BCUT2D eigenvalue weighted by Gasteiger charge is 2.22. The number of hydrogen-bond acceptors (Lipinski definition) is 2. The number of ether oxygens (including phenoxy) is 1. The first-order valence-electron chi connectivity index (χ1n) is 14.6. The summed E-state index contributed by atoms with van der Waals surface area (Å²) in [5.41, 5.74) is 2.57. The quantitative estimate of drug-likeness (QED) is 0.222. The lowest BCUT2D eigenvalue weighted by atomic mass is 9.77. The van der Waals surface area contributed by atoms with Crippen LogP contribution in [0, 0.1) is 11.7 Å². The van der Waals surface area contributed by atoms with Crippen molar-refractivity contribution < 1.29 is 9.13 Å². The predicted molar refractivity (Wildman–Crippen MR) is 147 cm³/mol. The lowest BCUT2D eigenvalue weighted by Crippen LogP contribution is -2.13. The zero-order valence-electron chi connectivity index (χ0n) is 22.4. The van der Waals surface area contributed by atoms with Crippen LogP contribution in [-0.2, 0) is 0 Å². The van der Waals surface area contributed by atoms with Crippen LogP contribution >= 0.6 is 0 Å². The van der Waals surface area contributed by atoms with Gasteiger partial charge < -0.3 is 4.74 Å². The zero-order valence-corrected chi connectivity index (χ0v) is 22.4. The molecule has 0 N–H and O–H groups in total. The third-order valence-corrected chi connectivity index (χ3v) is 7.80. The number of unbranched alkanes of at least 4 members (excludes halogenated alkanes) is 9. The minimum Gasteiger partial charge on any atom is -0.493 e. The number of hydrogen-bond donors (Lipinski definition) is 0. The molecular weight excluding hydrogens is 433 g/mol. The molecule has 3 heteroatoms. The highest BCUT2D eigenvalue weighted by molar-refractivity contribution is 5.61. The average Bonchev–Trinajstić information content (AvgIpc) is 2.89. The van der Waals surface area contributed by atoms with Crippen molar-refractivity contribution >= 4 is 0 Å². The molecule has 1 saturated carbocycles. The van der Waals surface area contributed by atoms with E-state index in [-0.39, 0.29) is 5.82 Å². The van der Waals surface area contributed by atoms with Crippen molar-refractivity contribution in [2.75, 3.05) is 6.61 Å². The van der Waals surface area contributed by atoms with E-state index in [1.807, 2.05) is 18.3 Å². The van der Waals surface area contributed by atoms with Gasteiger partial charge in [0.05, 0.1) is 12.3 Å². The molecule has 3 rings (SSSR count). The van der Waals surface area contributed by atoms with Gasteiger partial charge in [-0.2, -0.15) is 0 Å². The second kappa shape index (κ2) is 16.0. The Balaban J connectivity index is 1.41. The topological polar surface area (TPSA) is 22.1 Å². The molecule has 1 fully saturated rings. The fourth-order valence-electron chi connectivity index (χ4n) is 5.49. The standard InChI is InChI=1S/C32H48FNO/c1-3-5-7-9-10-11-12-14-26-15-17-27(18-16-26)28-19-22-32(34-25-28)30-21-20-29(24-31(30)33)35-23-13-8-6-4-2/h19-22,24-27H,3-18,23H2,1-2H3. The first-order chi connectivity index (χ1) is 17.2. The van der Waals surface area contributed by atoms with E-state index in [1.165, 1.54) is 102 Å². The van der Waals surface area contributed by atoms with E-state index in [4.69, 9.17) is 4.74 Å². The molecule has 0 unspecified atom stereocenters. The third-order valence-electron chi connectivity index (χ3n) is 7.80. The summed E-state index contributed by atoms with van der Waals surface area (Å²) in [6.07, 6.45) is 23.0. The number of nitrogens with zero attached hydrogens (tertiary/aromatic N) is 1. The summed E-state index contributed by atoms with van der Waals surface area (Å²) < 4.78 is 20.5. The Morgan fingerprint density at radius 1 is 0.800 bits per heavy atom. The molecule has 0 radical (unpaired) electrons. The fourth-order valence-corrected chi connectivity index (χ4v) is 5.49. The summed E-state index contributed by atoms with van der Waals surface area (Å²) in [6, 6.07) is 9.32. The molecule has 0 saturated heterocycles. The van der Waals surface area contributed by atoms with Crippen molar-refractivity contribution in [2.24, 2.45) is 5.92 Å². The van der Waals surface area contributed by atoms with Gasteiger partial charge in [0.1, 0.15) is 11.6 Å². The molecule has 1 aliphatic carbocycles. The van der Waals surface area contributed by atoms with Gasteiger partial charge in [0, 0.05) is 17.8 Å². The van der Waals surface area contributed by atoms with Crippen LogP contribution in [0.4, 0.5) is 4.39 Å². The van der Waals surface area contributed by atoms with Crippen LogP contribution in [0.5, 0.6) is 5.75 Å². The van der Waals surface area contributed by atoms with E-state index in [0.717, 1.165) is 18.8 Å². The summed E-state index contributed by atoms with van der Waals surface area (Å²) >= 11 is 0. The van der Waals surface area contributed by atoms with Crippen LogP contribution in [-0.4, -0.2) is 11.6 Å². The number of pyridine rings is 1. The second-order valence-electron chi connectivity index (χ2n) is 10.7. The summed E-state index contributed by atoms with van der Waals surface area (Å²) in [5, 5.41) is 0. The Bertz CT molecular complexity index is 826. The maximum absolute atomic E-state index is 14.7. The van der Waals surface area contributed by atoms with Gasteiger partial charge in [-0.3, -0.25) is 4.98 Å². The molecule has 2 nitrogen and oxygen atoms in total. The molecule has 0 aliphatic heterocycles. The number of aromatic nitrogens is 1. The van der Waals surface area contributed by atoms with Gasteiger partial charge in [0.2, 0.25) is 0 Å². The summed E-state index contributed by atoms with van der Waals surface area (Å²) in [4.78, 5) is 4.64. The molecule has 2 aromatic rings. The van der Waals surface area contributed by atoms with Crippen LogP contribution in [0.1, 0.15) is 128 Å². The van der Waals surface area contributed by atoms with E-state index in [0.29, 0.717) is 29.5 Å². The first kappa shape index (κ1) is 27.7. The van der Waals surface area contributed by atoms with Crippen molar-refractivity contribution in [1.82, 2.24) is 4.98 Å². The molecule has 1 aromatic carbocycles. The number of halogens is 1. The van der Waals surface area contributed by atoms with E-state index in [2.05, 4.69) is 24.9 Å². The number of rotatable bonds is 16. The van der Waals surface area contributed by atoms with E-state index < -0.39 is 0 Å². The molecule has 0 amide bonds. The normalized spacial score (nSPS) is 18.0. The van der Waals surface area contributed by atoms with Crippen LogP contribution in [0.3, 0.4) is 0 Å². The SMILES string of the molecule is CCCCCCCCCC1CCC(c2ccc(-c3ccc(OCCCCCC)cc3F)nc2)CC1. The van der Waals surface area contributed by atoms with E-state index in [1.54, 1.807) is 6.07 Å². The highest BCUT2D eigenvalue weighted by Crippen LogP contribution is 2.38. The van der Waals surface area contributed by atoms with Crippen molar-refractivity contribution in [3.8, 4) is 17.0 Å². The van der Waals surface area contributed by atoms with Crippen LogP contribution in [0.2, 0.25) is 0 Å². The minimum absolute atomic E-state index is 0.262. The maximum atomic E-state index is 14.7. The zero-order chi connectivity index (χ0) is 24.7. The van der Waals surface area contributed by atoms with E-state index >= 15 is 0 Å². The fraction of sp³-hybridized carbons (Fsp3) is 0.656. The third kappa shape index (κ3) is 9.58. The van der Waals surface area contributed by atoms with Crippen molar-refractivity contribution in [3.05, 3.63) is 47.9 Å². The Morgan fingerprint density at radius 3 is 2.14 bits per heavy atom. The van der Waals surface area contributed by atoms with Crippen LogP contribution in [0.15, 0.2) is 36.5 Å². The monoisotopic (exact) mass is 481 g/mol. The molecule has 35 heavy (non-hydrogen) atoms. The Hall–Kier alpha value is -1.90. The second-order valence-corrected chi connectivity index (χ2v) is 10.7. The largest absolute Gasteiger partial charge is 0.493 e. The predicted octanol–water partition coefficient (Wildman–Crippen LogP) is 10.3. The van der Waals surface area contributed by atoms with Gasteiger partial charge >= 0.3 is 0 Å². The summed E-state index contributed by atoms with van der Waals surface area (Å²) in [5.74, 6) is 1.86. The lowest BCUT2D eigenvalue weighted by Gasteiger charge is -2.28. The minimum atomic E-state index is -0.262. The van der Waals surface area contributed by atoms with Crippen LogP contribution < -0.4 is 4.74 Å². The van der Waals surface area contributed by atoms with E-state index in [9.17, 15) is 4.39 Å². The molecule has 194 valence electrons. The molecule has 0 atom stereocenters. The smallest absolute Gasteiger partial charge is 0.136 e. The van der Waals surface area contributed by atoms with Crippen LogP contribution in [0.25, 0.3) is 11.3 Å². The van der Waals surface area contributed by atoms with Gasteiger partial charge in [0.15, 0.2) is 0 Å². The molecule has 1 heterocycles. The summed E-state index contributed by atoms with van der Waals surface area (Å²) in [6.45, 7) is 5.12. The van der Waals surface area contributed by atoms with Gasteiger partial charge in [-0.05, 0) is 67.7 Å². The van der Waals surface area contributed by atoms with Crippen molar-refractivity contribution in [1.29, 1.82) is 0 Å². The highest BCUT2D eigenvalue weighted by atomic mass is 19.1. The molecule has 1 aliphatic rings. The Labute approximate surface area is 214 Å². The average molecular weight is 482 g/mol. The van der Waals surface area contributed by atoms with Gasteiger partial charge in [-0.15, -0.1) is 0 Å². The molecule has 0 bridgehead atoms. The molecule has 1 aromatic heterocycles. The maximum Gasteiger partial charge on any atom is 0.136 e. The van der Waals surface area contributed by atoms with Gasteiger partial charge in [-0.25, -0.2) is 4.39 Å². The van der Waals surface area contributed by atoms with Gasteiger partial charge in [-0.1, -0.05) is 90.5 Å². The molecular formula is C32H48FNO. The van der Waals surface area contributed by atoms with Crippen molar-refractivity contribution in [3.63, 3.8) is 0 Å². The van der Waals surface area contributed by atoms with Gasteiger partial charge in [0.25, 0.3) is 0 Å². The lowest BCUT2D eigenvalue weighted by molar-refractivity contribution is 0.301. The summed E-state index contributed by atoms with van der Waals surface area (Å²) in [7, 11) is 0. The Kier molecular flexibility index (Phi) is 12.6. The number of benzene rings is 1. The molecule has 0 spiro atoms. The first-order valence-corrected chi connectivity index (χ1v) is 14.6.